The monoisotopic (exact) mass is 314 g/mol. The standard InChI is InChI=1S/C16H24ClFN2O/c1-15(2)9-11(16(3,4)21-15)14(20-19)8-10-12(17)6-5-7-13(10)18/h5-7,11,14,20H,8-9,19H2,1-4H3. The van der Waals surface area contributed by atoms with Gasteiger partial charge in [0.25, 0.3) is 0 Å². The summed E-state index contributed by atoms with van der Waals surface area (Å²) in [4.78, 5) is 0. The molecule has 1 aromatic carbocycles. The molecule has 0 radical (unpaired) electrons. The number of halogens is 2. The van der Waals surface area contributed by atoms with Crippen LogP contribution in [0.25, 0.3) is 0 Å². The van der Waals surface area contributed by atoms with Gasteiger partial charge < -0.3 is 4.74 Å². The number of rotatable bonds is 4. The Bertz CT molecular complexity index is 499. The average molecular weight is 315 g/mol. The van der Waals surface area contributed by atoms with Gasteiger partial charge in [-0.3, -0.25) is 11.3 Å². The Hall–Kier alpha value is -0.680. The number of hydrogen-bond acceptors (Lipinski definition) is 3. The van der Waals surface area contributed by atoms with E-state index in [2.05, 4.69) is 33.1 Å². The number of benzene rings is 1. The fourth-order valence-corrected chi connectivity index (χ4v) is 3.74. The van der Waals surface area contributed by atoms with E-state index < -0.39 is 0 Å². The van der Waals surface area contributed by atoms with Crippen LogP contribution in [-0.2, 0) is 11.2 Å². The fourth-order valence-electron chi connectivity index (χ4n) is 3.50. The molecule has 21 heavy (non-hydrogen) atoms. The van der Waals surface area contributed by atoms with Gasteiger partial charge in [0.15, 0.2) is 0 Å². The molecule has 2 rings (SSSR count). The largest absolute Gasteiger partial charge is 0.369 e. The Balaban J connectivity index is 2.25. The van der Waals surface area contributed by atoms with E-state index in [1.807, 2.05) is 0 Å². The van der Waals surface area contributed by atoms with Crippen molar-refractivity contribution in [2.75, 3.05) is 0 Å². The lowest BCUT2D eigenvalue weighted by Gasteiger charge is -2.33. The van der Waals surface area contributed by atoms with E-state index in [1.54, 1.807) is 12.1 Å². The molecule has 0 bridgehead atoms. The van der Waals surface area contributed by atoms with Crippen LogP contribution in [0.3, 0.4) is 0 Å². The molecule has 1 aliphatic rings. The van der Waals surface area contributed by atoms with Crippen molar-refractivity contribution in [3.63, 3.8) is 0 Å². The van der Waals surface area contributed by atoms with Crippen molar-refractivity contribution in [2.24, 2.45) is 11.8 Å². The van der Waals surface area contributed by atoms with Crippen molar-refractivity contribution in [3.05, 3.63) is 34.6 Å². The molecule has 2 atom stereocenters. The van der Waals surface area contributed by atoms with E-state index in [1.165, 1.54) is 6.07 Å². The summed E-state index contributed by atoms with van der Waals surface area (Å²) in [5.74, 6) is 5.62. The lowest BCUT2D eigenvalue weighted by atomic mass is 9.79. The highest BCUT2D eigenvalue weighted by Crippen LogP contribution is 2.44. The molecule has 0 aliphatic carbocycles. The van der Waals surface area contributed by atoms with E-state index >= 15 is 0 Å². The minimum atomic E-state index is -0.321. The maximum atomic E-state index is 14.0. The zero-order chi connectivity index (χ0) is 15.8. The first-order valence-corrected chi connectivity index (χ1v) is 7.63. The molecule has 3 nitrogen and oxygen atoms in total. The Morgan fingerprint density at radius 1 is 1.43 bits per heavy atom. The summed E-state index contributed by atoms with van der Waals surface area (Å²) >= 11 is 6.12. The second kappa shape index (κ2) is 5.84. The van der Waals surface area contributed by atoms with Crippen molar-refractivity contribution in [2.45, 2.75) is 57.8 Å². The van der Waals surface area contributed by atoms with Gasteiger partial charge >= 0.3 is 0 Å². The molecule has 2 unspecified atom stereocenters. The minimum Gasteiger partial charge on any atom is -0.369 e. The highest BCUT2D eigenvalue weighted by Gasteiger charge is 2.48. The Morgan fingerprint density at radius 2 is 2.10 bits per heavy atom. The number of hydrazine groups is 1. The molecule has 3 N–H and O–H groups in total. The fraction of sp³-hybridized carbons (Fsp3) is 0.625. The van der Waals surface area contributed by atoms with Gasteiger partial charge in [0, 0.05) is 22.5 Å². The third-order valence-corrected chi connectivity index (χ3v) is 4.68. The van der Waals surface area contributed by atoms with Gasteiger partial charge in [-0.05, 0) is 52.7 Å². The SMILES string of the molecule is CC1(C)CC(C(Cc2c(F)cccc2Cl)NN)C(C)(C)O1. The summed E-state index contributed by atoms with van der Waals surface area (Å²) in [5.41, 5.74) is 2.81. The molecular formula is C16H24ClFN2O. The number of nitrogens with two attached hydrogens (primary N) is 1. The molecule has 1 aliphatic heterocycles. The molecule has 1 fully saturated rings. The molecule has 0 amide bonds. The van der Waals surface area contributed by atoms with Crippen LogP contribution in [0, 0.1) is 11.7 Å². The Morgan fingerprint density at radius 3 is 2.57 bits per heavy atom. The van der Waals surface area contributed by atoms with Gasteiger partial charge in [-0.1, -0.05) is 17.7 Å². The highest BCUT2D eigenvalue weighted by atomic mass is 35.5. The molecule has 1 heterocycles. The third kappa shape index (κ3) is 3.57. The molecule has 1 aromatic rings. The Kier molecular flexibility index (Phi) is 4.64. The van der Waals surface area contributed by atoms with Crippen molar-refractivity contribution in [1.29, 1.82) is 0 Å². The predicted octanol–water partition coefficient (Wildman–Crippen LogP) is 3.45. The third-order valence-electron chi connectivity index (χ3n) is 4.33. The molecule has 0 spiro atoms. The first-order chi connectivity index (χ1) is 9.66. The van der Waals surface area contributed by atoms with Gasteiger partial charge in [-0.2, -0.15) is 0 Å². The van der Waals surface area contributed by atoms with Gasteiger partial charge in [-0.15, -0.1) is 0 Å². The lowest BCUT2D eigenvalue weighted by molar-refractivity contribution is -0.0776. The van der Waals surface area contributed by atoms with Crippen molar-refractivity contribution in [3.8, 4) is 0 Å². The van der Waals surface area contributed by atoms with Crippen LogP contribution >= 0.6 is 11.6 Å². The molecular weight excluding hydrogens is 291 g/mol. The van der Waals surface area contributed by atoms with Gasteiger partial charge in [-0.25, -0.2) is 4.39 Å². The van der Waals surface area contributed by atoms with Crippen LogP contribution in [-0.4, -0.2) is 17.2 Å². The second-order valence-corrected chi connectivity index (χ2v) is 7.36. The molecule has 118 valence electrons. The van der Waals surface area contributed by atoms with Crippen LogP contribution in [0.1, 0.15) is 39.7 Å². The molecule has 0 saturated carbocycles. The Labute approximate surface area is 131 Å². The van der Waals surface area contributed by atoms with Crippen molar-refractivity contribution < 1.29 is 9.13 Å². The van der Waals surface area contributed by atoms with E-state index in [0.29, 0.717) is 17.0 Å². The summed E-state index contributed by atoms with van der Waals surface area (Å²) in [5, 5.41) is 0.436. The van der Waals surface area contributed by atoms with Gasteiger partial charge in [0.05, 0.1) is 11.2 Å². The first-order valence-electron chi connectivity index (χ1n) is 7.25. The van der Waals surface area contributed by atoms with Crippen LogP contribution < -0.4 is 11.3 Å². The first kappa shape index (κ1) is 16.7. The number of hydrogen-bond donors (Lipinski definition) is 2. The summed E-state index contributed by atoms with van der Waals surface area (Å²) < 4.78 is 20.1. The van der Waals surface area contributed by atoms with Crippen LogP contribution in [0.15, 0.2) is 18.2 Å². The number of nitrogens with one attached hydrogen (secondary N) is 1. The van der Waals surface area contributed by atoms with Crippen molar-refractivity contribution in [1.82, 2.24) is 5.43 Å². The highest BCUT2D eigenvalue weighted by molar-refractivity contribution is 6.31. The van der Waals surface area contributed by atoms with E-state index in [4.69, 9.17) is 22.2 Å². The lowest BCUT2D eigenvalue weighted by Crippen LogP contribution is -2.48. The summed E-state index contributed by atoms with van der Waals surface area (Å²) in [7, 11) is 0. The zero-order valence-corrected chi connectivity index (χ0v) is 13.8. The van der Waals surface area contributed by atoms with Gasteiger partial charge in [0.1, 0.15) is 5.82 Å². The summed E-state index contributed by atoms with van der Waals surface area (Å²) in [6.45, 7) is 8.25. The van der Waals surface area contributed by atoms with E-state index in [-0.39, 0.29) is 29.0 Å². The average Bonchev–Trinajstić information content (AvgIpc) is 2.57. The van der Waals surface area contributed by atoms with Gasteiger partial charge in [0.2, 0.25) is 0 Å². The minimum absolute atomic E-state index is 0.101. The topological polar surface area (TPSA) is 47.3 Å². The van der Waals surface area contributed by atoms with Crippen LogP contribution in [0.5, 0.6) is 0 Å². The number of ether oxygens (including phenoxy) is 1. The molecule has 5 heteroatoms. The zero-order valence-electron chi connectivity index (χ0n) is 13.0. The summed E-state index contributed by atoms with van der Waals surface area (Å²) in [6.07, 6.45) is 1.30. The van der Waals surface area contributed by atoms with E-state index in [9.17, 15) is 4.39 Å². The van der Waals surface area contributed by atoms with Crippen LogP contribution in [0.4, 0.5) is 4.39 Å². The van der Waals surface area contributed by atoms with E-state index in [0.717, 1.165) is 6.42 Å². The maximum Gasteiger partial charge on any atom is 0.127 e. The van der Waals surface area contributed by atoms with Crippen molar-refractivity contribution >= 4 is 11.6 Å². The quantitative estimate of drug-likeness (QED) is 0.661. The summed E-state index contributed by atoms with van der Waals surface area (Å²) in [6, 6.07) is 4.64. The predicted molar refractivity (Wildman–Crippen MR) is 83.6 cm³/mol. The molecule has 1 saturated heterocycles. The maximum absolute atomic E-state index is 14.0. The normalized spacial score (nSPS) is 25.0. The molecule has 0 aromatic heterocycles. The smallest absolute Gasteiger partial charge is 0.127 e. The second-order valence-electron chi connectivity index (χ2n) is 6.95. The van der Waals surface area contributed by atoms with Crippen LogP contribution in [0.2, 0.25) is 5.02 Å².